The Hall–Kier alpha value is -2.24. The van der Waals surface area contributed by atoms with Crippen LogP contribution in [0.4, 0.5) is 0 Å². The van der Waals surface area contributed by atoms with E-state index in [2.05, 4.69) is 111 Å². The smallest absolute Gasteiger partial charge is 0.261 e. The lowest BCUT2D eigenvalue weighted by Gasteiger charge is -2.46. The summed E-state index contributed by atoms with van der Waals surface area (Å²) in [6.07, 6.45) is 3.23. The first-order valence-corrected chi connectivity index (χ1v) is 14.6. The summed E-state index contributed by atoms with van der Waals surface area (Å²) in [6, 6.07) is 32.3. The molecule has 34 heavy (non-hydrogen) atoms. The fraction of sp³-hybridized carbons (Fsp3) is 0.400. The molecular formula is C30H39NO2Si. The van der Waals surface area contributed by atoms with E-state index in [0.717, 1.165) is 32.2 Å². The van der Waals surface area contributed by atoms with E-state index in [0.29, 0.717) is 0 Å². The van der Waals surface area contributed by atoms with E-state index in [1.807, 2.05) is 6.07 Å². The summed E-state index contributed by atoms with van der Waals surface area (Å²) >= 11 is 0. The fourth-order valence-electron chi connectivity index (χ4n) is 5.44. The molecule has 4 heteroatoms. The SMILES string of the molecule is CC(C)(C)[Si](O[C@@H]1CCC[C@H](O)C[C@@H]1NCc1ccccc1)(c1ccccc1)c1ccccc1. The second-order valence-corrected chi connectivity index (χ2v) is 14.9. The molecule has 0 radical (unpaired) electrons. The Labute approximate surface area is 206 Å². The molecule has 0 bridgehead atoms. The molecule has 4 rings (SSSR count). The van der Waals surface area contributed by atoms with Crippen molar-refractivity contribution in [2.24, 2.45) is 0 Å². The largest absolute Gasteiger partial charge is 0.403 e. The van der Waals surface area contributed by atoms with Gasteiger partial charge >= 0.3 is 0 Å². The van der Waals surface area contributed by atoms with Crippen LogP contribution >= 0.6 is 0 Å². The van der Waals surface area contributed by atoms with Crippen molar-refractivity contribution in [3.05, 3.63) is 96.6 Å². The van der Waals surface area contributed by atoms with Crippen molar-refractivity contribution in [1.29, 1.82) is 0 Å². The minimum Gasteiger partial charge on any atom is -0.403 e. The van der Waals surface area contributed by atoms with Gasteiger partial charge in [0.05, 0.1) is 12.2 Å². The van der Waals surface area contributed by atoms with Crippen molar-refractivity contribution in [2.45, 2.75) is 76.3 Å². The van der Waals surface area contributed by atoms with Gasteiger partial charge in [-0.2, -0.15) is 0 Å². The third-order valence-electron chi connectivity index (χ3n) is 7.16. The van der Waals surface area contributed by atoms with Crippen molar-refractivity contribution in [3.63, 3.8) is 0 Å². The second kappa shape index (κ2) is 11.0. The zero-order chi connectivity index (χ0) is 24.0. The maximum Gasteiger partial charge on any atom is 0.261 e. The number of aliphatic hydroxyl groups is 1. The lowest BCUT2D eigenvalue weighted by atomic mass is 10.0. The first-order chi connectivity index (χ1) is 16.4. The molecule has 0 amide bonds. The Balaban J connectivity index is 1.73. The lowest BCUT2D eigenvalue weighted by Crippen LogP contribution is -2.69. The van der Waals surface area contributed by atoms with Gasteiger partial charge in [-0.25, -0.2) is 0 Å². The van der Waals surface area contributed by atoms with E-state index in [1.54, 1.807) is 0 Å². The van der Waals surface area contributed by atoms with Crippen LogP contribution in [0.1, 0.15) is 52.0 Å². The summed E-state index contributed by atoms with van der Waals surface area (Å²) in [7, 11) is -2.65. The highest BCUT2D eigenvalue weighted by molar-refractivity contribution is 6.99. The Morgan fingerprint density at radius 2 is 1.35 bits per heavy atom. The molecule has 3 aromatic rings. The number of hydrogen-bond donors (Lipinski definition) is 2. The van der Waals surface area contributed by atoms with E-state index in [1.165, 1.54) is 15.9 Å². The fourth-order valence-corrected chi connectivity index (χ4v) is 10.2. The first kappa shape index (κ1) is 24.9. The molecule has 3 nitrogen and oxygen atoms in total. The molecular weight excluding hydrogens is 434 g/mol. The summed E-state index contributed by atoms with van der Waals surface area (Å²) < 4.78 is 7.51. The van der Waals surface area contributed by atoms with Gasteiger partial charge in [0.25, 0.3) is 8.32 Å². The third-order valence-corrected chi connectivity index (χ3v) is 12.2. The van der Waals surface area contributed by atoms with E-state index in [4.69, 9.17) is 4.43 Å². The van der Waals surface area contributed by atoms with E-state index in [9.17, 15) is 5.11 Å². The topological polar surface area (TPSA) is 41.5 Å². The Bertz CT molecular complexity index is 965. The average molecular weight is 474 g/mol. The molecule has 3 aromatic carbocycles. The van der Waals surface area contributed by atoms with Crippen LogP contribution in [0.25, 0.3) is 0 Å². The number of aliphatic hydroxyl groups excluding tert-OH is 1. The summed E-state index contributed by atoms with van der Waals surface area (Å²) in [5.41, 5.74) is 1.26. The Morgan fingerprint density at radius 3 is 1.88 bits per heavy atom. The molecule has 0 saturated heterocycles. The highest BCUT2D eigenvalue weighted by Gasteiger charge is 2.52. The number of benzene rings is 3. The van der Waals surface area contributed by atoms with Crippen LogP contribution in [-0.2, 0) is 11.0 Å². The summed E-state index contributed by atoms with van der Waals surface area (Å²) in [6.45, 7) is 7.77. The zero-order valence-corrected chi connectivity index (χ0v) is 21.8. The number of hydrogen-bond acceptors (Lipinski definition) is 3. The van der Waals surface area contributed by atoms with Crippen LogP contribution in [0.15, 0.2) is 91.0 Å². The zero-order valence-electron chi connectivity index (χ0n) is 20.8. The molecule has 0 heterocycles. The summed E-state index contributed by atoms with van der Waals surface area (Å²) in [5.74, 6) is 0. The van der Waals surface area contributed by atoms with Gasteiger partial charge in [-0.3, -0.25) is 0 Å². The van der Waals surface area contributed by atoms with Gasteiger partial charge < -0.3 is 14.8 Å². The van der Waals surface area contributed by atoms with Crippen LogP contribution in [0.5, 0.6) is 0 Å². The quantitative estimate of drug-likeness (QED) is 0.374. The molecule has 1 aliphatic carbocycles. The molecule has 0 aliphatic heterocycles. The molecule has 2 N–H and O–H groups in total. The van der Waals surface area contributed by atoms with Crippen LogP contribution in [0, 0.1) is 0 Å². The van der Waals surface area contributed by atoms with E-state index >= 15 is 0 Å². The van der Waals surface area contributed by atoms with Crippen molar-refractivity contribution in [3.8, 4) is 0 Å². The molecule has 1 aliphatic rings. The predicted molar refractivity (Wildman–Crippen MR) is 144 cm³/mol. The van der Waals surface area contributed by atoms with Crippen molar-refractivity contribution >= 4 is 18.7 Å². The van der Waals surface area contributed by atoms with Crippen molar-refractivity contribution in [1.82, 2.24) is 5.32 Å². The second-order valence-electron chi connectivity index (χ2n) is 10.6. The molecule has 0 unspecified atom stereocenters. The maximum atomic E-state index is 10.7. The Kier molecular flexibility index (Phi) is 8.05. The summed E-state index contributed by atoms with van der Waals surface area (Å²) in [5, 5.41) is 17.0. The van der Waals surface area contributed by atoms with Crippen LogP contribution in [0.2, 0.25) is 5.04 Å². The average Bonchev–Trinajstić information content (AvgIpc) is 3.02. The predicted octanol–water partition coefficient (Wildman–Crippen LogP) is 5.02. The monoisotopic (exact) mass is 473 g/mol. The van der Waals surface area contributed by atoms with Crippen molar-refractivity contribution < 1.29 is 9.53 Å². The minimum atomic E-state index is -2.65. The molecule has 0 spiro atoms. The lowest BCUT2D eigenvalue weighted by molar-refractivity contribution is 0.105. The van der Waals surface area contributed by atoms with Crippen LogP contribution in [-0.4, -0.2) is 31.7 Å². The highest BCUT2D eigenvalue weighted by Crippen LogP contribution is 2.39. The van der Waals surface area contributed by atoms with Gasteiger partial charge in [0.2, 0.25) is 0 Å². The van der Waals surface area contributed by atoms with Gasteiger partial charge in [0, 0.05) is 12.6 Å². The van der Waals surface area contributed by atoms with Crippen LogP contribution < -0.4 is 15.7 Å². The van der Waals surface area contributed by atoms with Gasteiger partial charge in [-0.1, -0.05) is 112 Å². The standard InChI is InChI=1S/C30H39NO2Si/c1-30(2,3)34(26-17-9-5-10-18-26,27-19-11-6-12-20-27)33-29-21-13-16-25(32)22-28(29)31-23-24-14-7-4-8-15-24/h4-12,14-15,17-20,25,28-29,31-32H,13,16,21-23H2,1-3H3/t25-,28-,29+/m0/s1. The van der Waals surface area contributed by atoms with Crippen LogP contribution in [0.3, 0.4) is 0 Å². The molecule has 3 atom stereocenters. The first-order valence-electron chi connectivity index (χ1n) is 12.6. The van der Waals surface area contributed by atoms with Gasteiger partial charge in [-0.15, -0.1) is 0 Å². The maximum absolute atomic E-state index is 10.7. The molecule has 180 valence electrons. The number of nitrogens with one attached hydrogen (secondary N) is 1. The third kappa shape index (κ3) is 5.52. The molecule has 0 aromatic heterocycles. The Morgan fingerprint density at radius 1 is 0.824 bits per heavy atom. The van der Waals surface area contributed by atoms with Gasteiger partial charge in [-0.05, 0) is 46.7 Å². The van der Waals surface area contributed by atoms with E-state index < -0.39 is 8.32 Å². The molecule has 1 fully saturated rings. The minimum absolute atomic E-state index is 0.0344. The number of rotatable bonds is 7. The summed E-state index contributed by atoms with van der Waals surface area (Å²) in [4.78, 5) is 0. The van der Waals surface area contributed by atoms with E-state index in [-0.39, 0.29) is 23.3 Å². The van der Waals surface area contributed by atoms with Gasteiger partial charge in [0.15, 0.2) is 0 Å². The van der Waals surface area contributed by atoms with Crippen molar-refractivity contribution in [2.75, 3.05) is 0 Å². The van der Waals surface area contributed by atoms with Gasteiger partial charge in [0.1, 0.15) is 0 Å². The highest BCUT2D eigenvalue weighted by atomic mass is 28.4. The normalized spacial score (nSPS) is 21.7. The molecule has 1 saturated carbocycles.